The summed E-state index contributed by atoms with van der Waals surface area (Å²) < 4.78 is 0. The number of amides is 1. The van der Waals surface area contributed by atoms with E-state index >= 15 is 0 Å². The summed E-state index contributed by atoms with van der Waals surface area (Å²) in [6, 6.07) is 6.89. The Morgan fingerprint density at radius 3 is 2.56 bits per heavy atom. The number of aromatic amines is 1. The summed E-state index contributed by atoms with van der Waals surface area (Å²) in [5.74, 6) is -3.25. The van der Waals surface area contributed by atoms with E-state index in [2.05, 4.69) is 31.3 Å². The van der Waals surface area contributed by atoms with E-state index in [0.29, 0.717) is 17.9 Å². The largest absolute Gasteiger partial charge is 0.481 e. The number of nitrogens with two attached hydrogens (primary N) is 1. The number of hydrogen-bond acceptors (Lipinski definition) is 10. The molecule has 36 heavy (non-hydrogen) atoms. The summed E-state index contributed by atoms with van der Waals surface area (Å²) in [5, 5.41) is 29.4. The molecule has 1 amide bonds. The van der Waals surface area contributed by atoms with Crippen molar-refractivity contribution in [3.05, 3.63) is 52.1 Å². The first-order valence-electron chi connectivity index (χ1n) is 10.7. The molecule has 2 heterocycles. The molecule has 0 aliphatic carbocycles. The molecule has 0 spiro atoms. The fourth-order valence-corrected chi connectivity index (χ4v) is 3.32. The van der Waals surface area contributed by atoms with E-state index in [4.69, 9.17) is 16.1 Å². The summed E-state index contributed by atoms with van der Waals surface area (Å²) in [5.41, 5.74) is 6.34. The second kappa shape index (κ2) is 11.4. The Labute approximate surface area is 203 Å². The van der Waals surface area contributed by atoms with Crippen molar-refractivity contribution in [2.24, 2.45) is 0 Å². The summed E-state index contributed by atoms with van der Waals surface area (Å²) in [7, 11) is 0. The number of hydrogen-bond donors (Lipinski definition) is 5. The van der Waals surface area contributed by atoms with E-state index in [1.165, 1.54) is 18.3 Å². The summed E-state index contributed by atoms with van der Waals surface area (Å²) in [6.45, 7) is 0.505. The Morgan fingerprint density at radius 1 is 1.19 bits per heavy atom. The van der Waals surface area contributed by atoms with Gasteiger partial charge in [0.05, 0.1) is 30.9 Å². The van der Waals surface area contributed by atoms with Gasteiger partial charge in [-0.2, -0.15) is 10.2 Å². The third kappa shape index (κ3) is 6.50. The molecular formula is C22H22N8O6. The molecule has 6 N–H and O–H groups in total. The van der Waals surface area contributed by atoms with Gasteiger partial charge in [0.25, 0.3) is 5.91 Å². The lowest BCUT2D eigenvalue weighted by atomic mass is 10.1. The van der Waals surface area contributed by atoms with Crippen LogP contribution < -0.4 is 21.5 Å². The second-order valence-corrected chi connectivity index (χ2v) is 7.66. The Hall–Kier alpha value is -5.06. The van der Waals surface area contributed by atoms with Gasteiger partial charge in [0.15, 0.2) is 11.2 Å². The van der Waals surface area contributed by atoms with Gasteiger partial charge in [-0.1, -0.05) is 0 Å². The number of anilines is 2. The molecule has 0 saturated carbocycles. The minimum absolute atomic E-state index is 0.0184. The molecule has 0 fully saturated rings. The molecule has 1 atom stereocenters. The number of nitrogen functional groups attached to an aromatic ring is 1. The summed E-state index contributed by atoms with van der Waals surface area (Å²) in [6.07, 6.45) is 0.985. The average Bonchev–Trinajstić information content (AvgIpc) is 2.84. The third-order valence-corrected chi connectivity index (χ3v) is 5.08. The number of H-pyrrole nitrogens is 1. The highest BCUT2D eigenvalue weighted by molar-refractivity contribution is 5.97. The van der Waals surface area contributed by atoms with Gasteiger partial charge in [-0.25, -0.2) is 14.8 Å². The minimum Gasteiger partial charge on any atom is -0.481 e. The maximum atomic E-state index is 12.5. The molecule has 0 aliphatic heterocycles. The van der Waals surface area contributed by atoms with Crippen molar-refractivity contribution in [1.82, 2.24) is 25.3 Å². The number of aliphatic carboxylic acids is 2. The number of carbonyl (C=O) groups is 3. The standard InChI is InChI=1S/C22H22N8O6/c23-8-1-9-30(11-13-10-25-18-17(26-13)20(34)29-22(24)28-18)14-4-2-12(3-5-14)19(33)27-15(21(35)36)6-7-16(31)32/h2-5,10,15H,1,6-7,9,11H2,(H,27,33)(H,31,32)(H,35,36)(H3,24,25,28,29,34)/t15-/m0/s1. The smallest absolute Gasteiger partial charge is 0.326 e. The van der Waals surface area contributed by atoms with Gasteiger partial charge in [-0.3, -0.25) is 14.4 Å². The van der Waals surface area contributed by atoms with Crippen LogP contribution in [0.4, 0.5) is 11.6 Å². The molecule has 3 aromatic rings. The van der Waals surface area contributed by atoms with E-state index in [0.717, 1.165) is 0 Å². The average molecular weight is 494 g/mol. The van der Waals surface area contributed by atoms with Crippen molar-refractivity contribution in [3.63, 3.8) is 0 Å². The quantitative estimate of drug-likeness (QED) is 0.242. The normalized spacial score (nSPS) is 11.4. The Morgan fingerprint density at radius 2 is 1.92 bits per heavy atom. The van der Waals surface area contributed by atoms with Crippen molar-refractivity contribution in [2.45, 2.75) is 31.8 Å². The van der Waals surface area contributed by atoms with Crippen LogP contribution in [0.2, 0.25) is 0 Å². The van der Waals surface area contributed by atoms with E-state index < -0.39 is 35.9 Å². The monoisotopic (exact) mass is 494 g/mol. The Bertz CT molecular complexity index is 1380. The molecular weight excluding hydrogens is 472 g/mol. The van der Waals surface area contributed by atoms with Gasteiger partial charge in [-0.15, -0.1) is 0 Å². The topological polar surface area (TPSA) is 228 Å². The highest BCUT2D eigenvalue weighted by atomic mass is 16.4. The van der Waals surface area contributed by atoms with Gasteiger partial charge in [0.1, 0.15) is 6.04 Å². The first-order valence-corrected chi connectivity index (χ1v) is 10.7. The number of aromatic nitrogens is 4. The number of benzene rings is 1. The minimum atomic E-state index is -1.35. The molecule has 0 bridgehead atoms. The number of carbonyl (C=O) groups excluding carboxylic acids is 1. The maximum Gasteiger partial charge on any atom is 0.326 e. The fourth-order valence-electron chi connectivity index (χ4n) is 3.32. The molecule has 1 aromatic carbocycles. The molecule has 2 aromatic heterocycles. The number of fused-ring (bicyclic) bond motifs is 1. The summed E-state index contributed by atoms with van der Waals surface area (Å²) in [4.78, 5) is 63.2. The van der Waals surface area contributed by atoms with Crippen LogP contribution in [0.1, 0.15) is 35.3 Å². The zero-order valence-electron chi connectivity index (χ0n) is 18.8. The van der Waals surface area contributed by atoms with Gasteiger partial charge in [0, 0.05) is 24.2 Å². The van der Waals surface area contributed by atoms with Crippen LogP contribution in [-0.2, 0) is 16.1 Å². The third-order valence-electron chi connectivity index (χ3n) is 5.08. The number of carboxylic acid groups (broad SMARTS) is 2. The van der Waals surface area contributed by atoms with Gasteiger partial charge in [0.2, 0.25) is 5.95 Å². The fraction of sp³-hybridized carbons (Fsp3) is 0.273. The highest BCUT2D eigenvalue weighted by Crippen LogP contribution is 2.19. The maximum absolute atomic E-state index is 12.5. The van der Waals surface area contributed by atoms with Crippen molar-refractivity contribution >= 4 is 40.6 Å². The van der Waals surface area contributed by atoms with E-state index in [9.17, 15) is 24.3 Å². The van der Waals surface area contributed by atoms with E-state index in [1.54, 1.807) is 17.0 Å². The van der Waals surface area contributed by atoms with Crippen LogP contribution in [-0.4, -0.2) is 60.6 Å². The van der Waals surface area contributed by atoms with Crippen LogP contribution in [0, 0.1) is 11.3 Å². The Kier molecular flexibility index (Phi) is 8.08. The number of rotatable bonds is 11. The molecule has 3 rings (SSSR count). The first kappa shape index (κ1) is 25.6. The zero-order chi connectivity index (χ0) is 26.2. The van der Waals surface area contributed by atoms with Crippen LogP contribution in [0.25, 0.3) is 11.2 Å². The molecule has 186 valence electrons. The van der Waals surface area contributed by atoms with Crippen LogP contribution >= 0.6 is 0 Å². The number of nitrogens with zero attached hydrogens (tertiary/aromatic N) is 5. The molecule has 0 saturated heterocycles. The first-order chi connectivity index (χ1) is 17.2. The van der Waals surface area contributed by atoms with E-state index in [-0.39, 0.29) is 42.1 Å². The SMILES string of the molecule is N#CCCN(Cc1cnc2[nH]c(N)nc(=O)c2n1)c1ccc(C(=O)N[C@@H](CCC(=O)O)C(=O)O)cc1. The lowest BCUT2D eigenvalue weighted by molar-refractivity contribution is -0.140. The van der Waals surface area contributed by atoms with Crippen molar-refractivity contribution in [2.75, 3.05) is 17.2 Å². The van der Waals surface area contributed by atoms with Crippen LogP contribution in [0.5, 0.6) is 0 Å². The number of carboxylic acids is 2. The van der Waals surface area contributed by atoms with Gasteiger partial charge >= 0.3 is 17.5 Å². The number of nitriles is 1. The number of nitrogens with one attached hydrogen (secondary N) is 2. The van der Waals surface area contributed by atoms with Crippen molar-refractivity contribution in [1.29, 1.82) is 5.26 Å². The predicted molar refractivity (Wildman–Crippen MR) is 126 cm³/mol. The molecule has 0 radical (unpaired) electrons. The van der Waals surface area contributed by atoms with Crippen molar-refractivity contribution in [3.8, 4) is 6.07 Å². The molecule has 0 unspecified atom stereocenters. The summed E-state index contributed by atoms with van der Waals surface area (Å²) >= 11 is 0. The van der Waals surface area contributed by atoms with Gasteiger partial charge < -0.3 is 31.1 Å². The zero-order valence-corrected chi connectivity index (χ0v) is 18.8. The van der Waals surface area contributed by atoms with Crippen LogP contribution in [0.3, 0.4) is 0 Å². The molecule has 14 heteroatoms. The molecule has 0 aliphatic rings. The highest BCUT2D eigenvalue weighted by Gasteiger charge is 2.22. The van der Waals surface area contributed by atoms with E-state index in [1.807, 2.05) is 0 Å². The lowest BCUT2D eigenvalue weighted by Gasteiger charge is -2.23. The second-order valence-electron chi connectivity index (χ2n) is 7.66. The van der Waals surface area contributed by atoms with Crippen LogP contribution in [0.15, 0.2) is 35.3 Å². The van der Waals surface area contributed by atoms with Crippen molar-refractivity contribution < 1.29 is 24.6 Å². The Balaban J connectivity index is 1.78. The lowest BCUT2D eigenvalue weighted by Crippen LogP contribution is -2.41. The molecule has 14 nitrogen and oxygen atoms in total. The predicted octanol–water partition coefficient (Wildman–Crippen LogP) is 0.263. The van der Waals surface area contributed by atoms with Gasteiger partial charge in [-0.05, 0) is 30.7 Å².